The van der Waals surface area contributed by atoms with E-state index in [1.165, 1.54) is 17.4 Å². The SMILES string of the molecule is CN(O)C(=O)[C@@H]1CCCN1C(=O)CNC(=O)CCN(O)C(=O)CCOCC(C)(C)COCCC(=O)NO. The maximum absolute atomic E-state index is 12.4. The van der Waals surface area contributed by atoms with Gasteiger partial charge in [-0.1, -0.05) is 13.8 Å². The molecule has 0 aromatic heterocycles. The van der Waals surface area contributed by atoms with E-state index in [0.717, 1.165) is 0 Å². The summed E-state index contributed by atoms with van der Waals surface area (Å²) in [6.07, 6.45) is 0.688. The minimum atomic E-state index is -0.773. The Labute approximate surface area is 215 Å². The van der Waals surface area contributed by atoms with Gasteiger partial charge in [0, 0.05) is 25.4 Å². The topological polar surface area (TPSA) is 198 Å². The van der Waals surface area contributed by atoms with Crippen molar-refractivity contribution in [3.63, 3.8) is 0 Å². The first kappa shape index (κ1) is 32.2. The molecule has 0 spiro atoms. The van der Waals surface area contributed by atoms with Gasteiger partial charge in [0.25, 0.3) is 5.91 Å². The van der Waals surface area contributed by atoms with Crippen LogP contribution in [0.15, 0.2) is 0 Å². The lowest BCUT2D eigenvalue weighted by atomic mass is 9.96. The van der Waals surface area contributed by atoms with Crippen molar-refractivity contribution in [2.45, 2.75) is 52.0 Å². The standard InChI is InChI=1S/C22H39N5O10/c1-22(2,14-36-11-7-18(29)24-33)15-37-12-8-19(30)27(35)10-6-17(28)23-13-20(31)26-9-4-5-16(26)21(32)25(3)34/h16,33-35H,4-15H2,1-3H3,(H,23,28)(H,24,29)/t16-/m0/s1. The zero-order valence-electron chi connectivity index (χ0n) is 21.6. The van der Waals surface area contributed by atoms with Crippen molar-refractivity contribution in [3.8, 4) is 0 Å². The number of hydrogen-bond donors (Lipinski definition) is 5. The van der Waals surface area contributed by atoms with Crippen LogP contribution in [0.2, 0.25) is 0 Å². The molecule has 1 atom stereocenters. The molecule has 1 aliphatic rings. The summed E-state index contributed by atoms with van der Waals surface area (Å²) in [4.78, 5) is 60.6. The maximum Gasteiger partial charge on any atom is 0.268 e. The summed E-state index contributed by atoms with van der Waals surface area (Å²) in [6.45, 7) is 4.17. The smallest absolute Gasteiger partial charge is 0.268 e. The largest absolute Gasteiger partial charge is 0.380 e. The van der Waals surface area contributed by atoms with Crippen LogP contribution >= 0.6 is 0 Å². The fourth-order valence-electron chi connectivity index (χ4n) is 3.48. The van der Waals surface area contributed by atoms with Gasteiger partial charge in [0.15, 0.2) is 0 Å². The lowest BCUT2D eigenvalue weighted by Gasteiger charge is -2.25. The van der Waals surface area contributed by atoms with Crippen molar-refractivity contribution in [2.24, 2.45) is 5.41 Å². The highest BCUT2D eigenvalue weighted by Crippen LogP contribution is 2.19. The lowest BCUT2D eigenvalue weighted by Crippen LogP contribution is -2.48. The molecule has 1 heterocycles. The summed E-state index contributed by atoms with van der Waals surface area (Å²) in [5, 5.41) is 30.9. The molecule has 1 rings (SSSR count). The number of hydroxylamine groups is 5. The van der Waals surface area contributed by atoms with Crippen LogP contribution in [0.25, 0.3) is 0 Å². The Kier molecular flexibility index (Phi) is 14.0. The third-order valence-electron chi connectivity index (χ3n) is 5.50. The van der Waals surface area contributed by atoms with Crippen LogP contribution in [0.4, 0.5) is 0 Å². The molecule has 0 unspecified atom stereocenters. The summed E-state index contributed by atoms with van der Waals surface area (Å²) in [5.41, 5.74) is 1.11. The summed E-state index contributed by atoms with van der Waals surface area (Å²) in [7, 11) is 1.18. The molecule has 0 radical (unpaired) electrons. The minimum absolute atomic E-state index is 0.0188. The number of likely N-dealkylation sites (tertiary alicyclic amines) is 1. The summed E-state index contributed by atoms with van der Waals surface area (Å²) in [6, 6.07) is -0.773. The van der Waals surface area contributed by atoms with Crippen LogP contribution in [0, 0.1) is 5.41 Å². The number of ether oxygens (including phenoxy) is 2. The lowest BCUT2D eigenvalue weighted by molar-refractivity contribution is -0.167. The Morgan fingerprint density at radius 3 is 2.22 bits per heavy atom. The highest BCUT2D eigenvalue weighted by atomic mass is 16.5. The summed E-state index contributed by atoms with van der Waals surface area (Å²) >= 11 is 0. The fraction of sp³-hybridized carbons (Fsp3) is 0.773. The van der Waals surface area contributed by atoms with Gasteiger partial charge in [0.2, 0.25) is 23.6 Å². The van der Waals surface area contributed by atoms with Gasteiger partial charge in [0.05, 0.1) is 52.4 Å². The predicted octanol–water partition coefficient (Wildman–Crippen LogP) is -1.11. The molecule has 5 N–H and O–H groups in total. The number of hydrogen-bond acceptors (Lipinski definition) is 10. The van der Waals surface area contributed by atoms with Gasteiger partial charge in [-0.05, 0) is 12.8 Å². The van der Waals surface area contributed by atoms with Crippen LogP contribution in [0.5, 0.6) is 0 Å². The molecular formula is C22H39N5O10. The second-order valence-electron chi connectivity index (χ2n) is 9.45. The Morgan fingerprint density at radius 2 is 1.62 bits per heavy atom. The van der Waals surface area contributed by atoms with Crippen LogP contribution in [0.3, 0.4) is 0 Å². The molecule has 15 heteroatoms. The molecule has 0 aromatic carbocycles. The van der Waals surface area contributed by atoms with Crippen molar-refractivity contribution in [2.75, 3.05) is 53.1 Å². The molecule has 5 amide bonds. The van der Waals surface area contributed by atoms with Gasteiger partial charge in [0.1, 0.15) is 6.04 Å². The number of nitrogens with one attached hydrogen (secondary N) is 2. The molecule has 1 saturated heterocycles. The molecule has 212 valence electrons. The Balaban J connectivity index is 2.23. The Bertz CT molecular complexity index is 792. The normalized spacial score (nSPS) is 15.3. The number of carbonyl (C=O) groups excluding carboxylic acids is 5. The molecule has 1 aliphatic heterocycles. The predicted molar refractivity (Wildman–Crippen MR) is 125 cm³/mol. The van der Waals surface area contributed by atoms with Crippen molar-refractivity contribution >= 4 is 29.5 Å². The number of likely N-dealkylation sites (N-methyl/N-ethyl adjacent to an activating group) is 1. The van der Waals surface area contributed by atoms with Gasteiger partial charge in [-0.15, -0.1) is 0 Å². The highest BCUT2D eigenvalue weighted by Gasteiger charge is 2.35. The van der Waals surface area contributed by atoms with E-state index in [0.29, 0.717) is 29.5 Å². The number of nitrogens with zero attached hydrogens (tertiary/aromatic N) is 3. The van der Waals surface area contributed by atoms with Crippen LogP contribution in [-0.4, -0.2) is 119 Å². The maximum atomic E-state index is 12.4. The zero-order valence-corrected chi connectivity index (χ0v) is 21.6. The second kappa shape index (κ2) is 16.1. The van der Waals surface area contributed by atoms with Gasteiger partial charge in [-0.25, -0.2) is 15.6 Å². The van der Waals surface area contributed by atoms with Gasteiger partial charge < -0.3 is 19.7 Å². The minimum Gasteiger partial charge on any atom is -0.380 e. The first-order valence-corrected chi connectivity index (χ1v) is 12.0. The average molecular weight is 534 g/mol. The van der Waals surface area contributed by atoms with Crippen LogP contribution < -0.4 is 10.8 Å². The molecule has 0 aromatic rings. The molecular weight excluding hydrogens is 494 g/mol. The zero-order chi connectivity index (χ0) is 28.0. The van der Waals surface area contributed by atoms with Gasteiger partial charge in [-0.2, -0.15) is 0 Å². The third-order valence-corrected chi connectivity index (χ3v) is 5.50. The van der Waals surface area contributed by atoms with E-state index < -0.39 is 41.0 Å². The number of carbonyl (C=O) groups is 5. The second-order valence-corrected chi connectivity index (χ2v) is 9.45. The van der Waals surface area contributed by atoms with E-state index >= 15 is 0 Å². The number of rotatable bonds is 16. The molecule has 37 heavy (non-hydrogen) atoms. The first-order chi connectivity index (χ1) is 17.4. The van der Waals surface area contributed by atoms with Crippen molar-refractivity contribution < 1.29 is 49.1 Å². The number of amides is 5. The van der Waals surface area contributed by atoms with Gasteiger partial charge in [-0.3, -0.25) is 39.6 Å². The van der Waals surface area contributed by atoms with E-state index in [4.69, 9.17) is 14.7 Å². The summed E-state index contributed by atoms with van der Waals surface area (Å²) in [5.74, 6) is -2.82. The third kappa shape index (κ3) is 12.3. The van der Waals surface area contributed by atoms with E-state index in [9.17, 15) is 34.4 Å². The van der Waals surface area contributed by atoms with E-state index in [-0.39, 0.29) is 58.8 Å². The first-order valence-electron chi connectivity index (χ1n) is 12.0. The molecule has 15 nitrogen and oxygen atoms in total. The fourth-order valence-corrected chi connectivity index (χ4v) is 3.48. The summed E-state index contributed by atoms with van der Waals surface area (Å²) < 4.78 is 10.9. The van der Waals surface area contributed by atoms with Crippen molar-refractivity contribution in [1.82, 2.24) is 25.8 Å². The van der Waals surface area contributed by atoms with E-state index in [2.05, 4.69) is 5.32 Å². The molecule has 0 bridgehead atoms. The monoisotopic (exact) mass is 533 g/mol. The van der Waals surface area contributed by atoms with Crippen LogP contribution in [-0.2, 0) is 33.4 Å². The highest BCUT2D eigenvalue weighted by molar-refractivity contribution is 5.90. The molecule has 0 aliphatic carbocycles. The quantitative estimate of drug-likeness (QED) is 0.0921. The average Bonchev–Trinajstić information content (AvgIpc) is 3.35. The Hall–Kier alpha value is -2.85. The molecule has 1 fully saturated rings. The van der Waals surface area contributed by atoms with Crippen LogP contribution in [0.1, 0.15) is 46.0 Å². The van der Waals surface area contributed by atoms with Crippen molar-refractivity contribution in [3.05, 3.63) is 0 Å². The van der Waals surface area contributed by atoms with E-state index in [1.807, 2.05) is 13.8 Å². The van der Waals surface area contributed by atoms with Gasteiger partial charge >= 0.3 is 0 Å². The molecule has 0 saturated carbocycles. The Morgan fingerprint density at radius 1 is 1.00 bits per heavy atom. The van der Waals surface area contributed by atoms with E-state index in [1.54, 1.807) is 0 Å². The van der Waals surface area contributed by atoms with Crippen molar-refractivity contribution in [1.29, 1.82) is 0 Å².